The van der Waals surface area contributed by atoms with Gasteiger partial charge in [-0.05, 0) is 24.3 Å². The predicted octanol–water partition coefficient (Wildman–Crippen LogP) is 1.95. The zero-order valence-electron chi connectivity index (χ0n) is 12.4. The molecule has 0 fully saturated rings. The van der Waals surface area contributed by atoms with Crippen molar-refractivity contribution in [2.45, 2.75) is 13.2 Å². The fraction of sp³-hybridized carbons (Fsp3) is 0.188. The van der Waals surface area contributed by atoms with Crippen molar-refractivity contribution in [1.29, 1.82) is 0 Å². The molecule has 0 bridgehead atoms. The van der Waals surface area contributed by atoms with Crippen LogP contribution in [0, 0.1) is 5.82 Å². The number of rotatable bonds is 3. The van der Waals surface area contributed by atoms with Crippen LogP contribution in [-0.4, -0.2) is 21.5 Å². The quantitative estimate of drug-likeness (QED) is 0.731. The molecular formula is C16H12FN3O4. The van der Waals surface area contributed by atoms with Crippen molar-refractivity contribution in [3.8, 4) is 17.3 Å². The van der Waals surface area contributed by atoms with Crippen LogP contribution in [-0.2, 0) is 17.9 Å². The van der Waals surface area contributed by atoms with E-state index in [1.807, 2.05) is 0 Å². The normalized spacial score (nSPS) is 13.4. The molecule has 1 aliphatic rings. The Morgan fingerprint density at radius 2 is 2.21 bits per heavy atom. The van der Waals surface area contributed by atoms with Crippen LogP contribution in [0.2, 0.25) is 0 Å². The second-order valence-electron chi connectivity index (χ2n) is 5.24. The molecule has 0 spiro atoms. The van der Waals surface area contributed by atoms with Crippen LogP contribution in [0.3, 0.4) is 0 Å². The van der Waals surface area contributed by atoms with Crippen LogP contribution in [0.4, 0.5) is 4.39 Å². The third-order valence-corrected chi connectivity index (χ3v) is 3.66. The van der Waals surface area contributed by atoms with E-state index in [4.69, 9.17) is 14.0 Å². The molecule has 7 nitrogen and oxygen atoms in total. The Balaban J connectivity index is 1.79. The summed E-state index contributed by atoms with van der Waals surface area (Å²) in [6, 6.07) is 7.91. The number of nitrogens with zero attached hydrogens (tertiary/aromatic N) is 3. The van der Waals surface area contributed by atoms with Gasteiger partial charge in [0, 0.05) is 17.3 Å². The summed E-state index contributed by atoms with van der Waals surface area (Å²) in [7, 11) is 0. The van der Waals surface area contributed by atoms with Crippen molar-refractivity contribution in [1.82, 2.24) is 14.7 Å². The molecule has 8 heteroatoms. The average Bonchev–Trinajstić information content (AvgIpc) is 2.96. The molecule has 0 unspecified atom stereocenters. The van der Waals surface area contributed by atoms with Gasteiger partial charge in [-0.15, -0.1) is 0 Å². The van der Waals surface area contributed by atoms with Gasteiger partial charge in [0.05, 0.1) is 13.2 Å². The Morgan fingerprint density at radius 3 is 3.04 bits per heavy atom. The van der Waals surface area contributed by atoms with Crippen LogP contribution < -0.4 is 10.5 Å². The third kappa shape index (κ3) is 2.56. The fourth-order valence-electron chi connectivity index (χ4n) is 2.63. The van der Waals surface area contributed by atoms with Crippen molar-refractivity contribution in [3.63, 3.8) is 0 Å². The summed E-state index contributed by atoms with van der Waals surface area (Å²) in [4.78, 5) is 16.2. The molecule has 0 radical (unpaired) electrons. The Bertz CT molecular complexity index is 936. The molecule has 4 rings (SSSR count). The summed E-state index contributed by atoms with van der Waals surface area (Å²) in [5.74, 6) is -0.296. The lowest BCUT2D eigenvalue weighted by molar-refractivity contribution is -0.0173. The number of hydrogen-bond donors (Lipinski definition) is 0. The maximum atomic E-state index is 13.9. The third-order valence-electron chi connectivity index (χ3n) is 3.66. The summed E-state index contributed by atoms with van der Waals surface area (Å²) >= 11 is 0. The molecule has 0 saturated heterocycles. The van der Waals surface area contributed by atoms with Gasteiger partial charge < -0.3 is 9.47 Å². The van der Waals surface area contributed by atoms with Crippen molar-refractivity contribution in [2.75, 3.05) is 6.79 Å². The summed E-state index contributed by atoms with van der Waals surface area (Å²) in [5.41, 5.74) is 1.59. The molecule has 122 valence electrons. The first-order valence-electron chi connectivity index (χ1n) is 7.22. The molecule has 0 amide bonds. The summed E-state index contributed by atoms with van der Waals surface area (Å²) in [5, 5.41) is 3.77. The molecule has 1 aromatic carbocycles. The Morgan fingerprint density at radius 1 is 1.29 bits per heavy atom. The van der Waals surface area contributed by atoms with Gasteiger partial charge in [-0.2, -0.15) is 0 Å². The van der Waals surface area contributed by atoms with Crippen LogP contribution in [0.1, 0.15) is 11.1 Å². The van der Waals surface area contributed by atoms with Crippen molar-refractivity contribution < 1.29 is 18.4 Å². The molecule has 0 N–H and O–H groups in total. The second-order valence-corrected chi connectivity index (χ2v) is 5.24. The van der Waals surface area contributed by atoms with Crippen molar-refractivity contribution in [3.05, 3.63) is 64.0 Å². The van der Waals surface area contributed by atoms with Gasteiger partial charge in [-0.25, -0.2) is 9.18 Å². The predicted molar refractivity (Wildman–Crippen MR) is 79.8 cm³/mol. The monoisotopic (exact) mass is 329 g/mol. The van der Waals surface area contributed by atoms with Gasteiger partial charge in [0.1, 0.15) is 17.3 Å². The van der Waals surface area contributed by atoms with E-state index in [0.29, 0.717) is 22.6 Å². The van der Waals surface area contributed by atoms with E-state index >= 15 is 0 Å². The highest BCUT2D eigenvalue weighted by Crippen LogP contribution is 2.30. The molecule has 3 heterocycles. The molecule has 1 aliphatic heterocycles. The Kier molecular flexibility index (Phi) is 3.58. The molecule has 0 saturated carbocycles. The first-order valence-corrected chi connectivity index (χ1v) is 7.22. The van der Waals surface area contributed by atoms with Crippen molar-refractivity contribution >= 4 is 0 Å². The topological polar surface area (TPSA) is 79.4 Å². The maximum Gasteiger partial charge on any atom is 0.442 e. The van der Waals surface area contributed by atoms with E-state index in [-0.39, 0.29) is 25.8 Å². The summed E-state index contributed by atoms with van der Waals surface area (Å²) < 4.78 is 30.5. The fourth-order valence-corrected chi connectivity index (χ4v) is 2.63. The minimum atomic E-state index is -0.652. The number of ether oxygens (including phenoxy) is 2. The summed E-state index contributed by atoms with van der Waals surface area (Å²) in [6.07, 6.45) is 1.59. The number of pyridine rings is 1. The average molecular weight is 329 g/mol. The minimum Gasteiger partial charge on any atom is -0.467 e. The largest absolute Gasteiger partial charge is 0.467 e. The highest BCUT2D eigenvalue weighted by Gasteiger charge is 2.20. The standard InChI is InChI=1S/C16H12FN3O4/c17-12-5-10(14-11(6-12)8-22-9-23-14)7-20-15(19-24-16(20)21)13-3-1-2-4-18-13/h1-6H,7-9H2. The molecule has 3 aromatic rings. The minimum absolute atomic E-state index is 0.0499. The highest BCUT2D eigenvalue weighted by atomic mass is 19.1. The summed E-state index contributed by atoms with van der Waals surface area (Å²) in [6.45, 7) is 0.386. The smallest absolute Gasteiger partial charge is 0.442 e. The number of aromatic nitrogens is 3. The number of hydrogen-bond acceptors (Lipinski definition) is 6. The lowest BCUT2D eigenvalue weighted by atomic mass is 10.1. The van der Waals surface area contributed by atoms with E-state index in [0.717, 1.165) is 0 Å². The van der Waals surface area contributed by atoms with E-state index in [9.17, 15) is 9.18 Å². The number of benzene rings is 1. The number of halogens is 1. The lowest BCUT2D eigenvalue weighted by Crippen LogP contribution is -2.19. The first-order chi connectivity index (χ1) is 11.7. The highest BCUT2D eigenvalue weighted by molar-refractivity contribution is 5.49. The van der Waals surface area contributed by atoms with E-state index in [1.54, 1.807) is 24.4 Å². The Hall–Kier alpha value is -3.00. The molecule has 24 heavy (non-hydrogen) atoms. The lowest BCUT2D eigenvalue weighted by Gasteiger charge is -2.21. The zero-order chi connectivity index (χ0) is 16.5. The second kappa shape index (κ2) is 5.89. The molecular weight excluding hydrogens is 317 g/mol. The Labute approximate surface area is 135 Å². The van der Waals surface area contributed by atoms with E-state index < -0.39 is 11.6 Å². The van der Waals surface area contributed by atoms with E-state index in [2.05, 4.69) is 10.1 Å². The molecule has 0 atom stereocenters. The van der Waals surface area contributed by atoms with Gasteiger partial charge in [-0.3, -0.25) is 14.1 Å². The van der Waals surface area contributed by atoms with Crippen LogP contribution >= 0.6 is 0 Å². The van der Waals surface area contributed by atoms with Crippen molar-refractivity contribution in [2.24, 2.45) is 0 Å². The van der Waals surface area contributed by atoms with Gasteiger partial charge in [0.25, 0.3) is 0 Å². The van der Waals surface area contributed by atoms with Gasteiger partial charge >= 0.3 is 5.76 Å². The maximum absolute atomic E-state index is 13.9. The zero-order valence-corrected chi connectivity index (χ0v) is 12.4. The van der Waals surface area contributed by atoms with Crippen LogP contribution in [0.15, 0.2) is 45.8 Å². The van der Waals surface area contributed by atoms with Gasteiger partial charge in [-0.1, -0.05) is 11.2 Å². The number of fused-ring (bicyclic) bond motifs is 1. The van der Waals surface area contributed by atoms with Gasteiger partial charge in [0.2, 0.25) is 5.82 Å². The van der Waals surface area contributed by atoms with Crippen LogP contribution in [0.25, 0.3) is 11.5 Å². The SMILES string of the molecule is O=c1onc(-c2ccccn2)n1Cc1cc(F)cc2c1OCOC2. The molecule has 2 aromatic heterocycles. The first kappa shape index (κ1) is 14.6. The van der Waals surface area contributed by atoms with E-state index in [1.165, 1.54) is 16.7 Å². The van der Waals surface area contributed by atoms with Crippen LogP contribution in [0.5, 0.6) is 5.75 Å². The van der Waals surface area contributed by atoms with Gasteiger partial charge in [0.15, 0.2) is 6.79 Å². The molecule has 0 aliphatic carbocycles.